The third-order valence-electron chi connectivity index (χ3n) is 7.59. The van der Waals surface area contributed by atoms with Crippen molar-refractivity contribution in [2.45, 2.75) is 78.1 Å². The lowest BCUT2D eigenvalue weighted by Crippen LogP contribution is -2.01. The van der Waals surface area contributed by atoms with E-state index in [4.69, 9.17) is 11.5 Å². The first-order valence-corrected chi connectivity index (χ1v) is 14.4. The number of nitrogens with two attached hydrogens (primary N) is 2. The highest BCUT2D eigenvalue weighted by Crippen LogP contribution is 2.23. The van der Waals surface area contributed by atoms with E-state index < -0.39 is 0 Å². The Bertz CT molecular complexity index is 1180. The van der Waals surface area contributed by atoms with Gasteiger partial charge in [-0.15, -0.1) is 0 Å². The van der Waals surface area contributed by atoms with Gasteiger partial charge < -0.3 is 11.5 Å². The first kappa shape index (κ1) is 27.5. The summed E-state index contributed by atoms with van der Waals surface area (Å²) in [5.74, 6) is 0. The maximum absolute atomic E-state index is 5.89. The van der Waals surface area contributed by atoms with Crippen LogP contribution in [0.5, 0.6) is 0 Å². The molecule has 2 nitrogen and oxygen atoms in total. The Kier molecular flexibility index (Phi) is 10.0. The van der Waals surface area contributed by atoms with E-state index in [0.717, 1.165) is 49.9 Å². The summed E-state index contributed by atoms with van der Waals surface area (Å²) in [5, 5.41) is 0. The van der Waals surface area contributed by atoms with Crippen LogP contribution in [-0.2, 0) is 38.5 Å². The molecule has 0 amide bonds. The zero-order valence-corrected chi connectivity index (χ0v) is 23.3. The maximum atomic E-state index is 5.89. The van der Waals surface area contributed by atoms with Crippen molar-refractivity contribution in [1.82, 2.24) is 0 Å². The van der Waals surface area contributed by atoms with Crippen LogP contribution in [0.1, 0.15) is 84.0 Å². The van der Waals surface area contributed by atoms with E-state index in [2.05, 4.69) is 74.5 Å². The minimum Gasteiger partial charge on any atom is -0.399 e. The highest BCUT2D eigenvalue weighted by atomic mass is 14.5. The maximum Gasteiger partial charge on any atom is 0.0314 e. The second-order valence-electron chi connectivity index (χ2n) is 10.7. The minimum atomic E-state index is 0.825. The molecule has 0 spiro atoms. The predicted octanol–water partition coefficient (Wildman–Crippen LogP) is 8.50. The van der Waals surface area contributed by atoms with Gasteiger partial charge in [-0.1, -0.05) is 87.4 Å². The Labute approximate surface area is 230 Å². The van der Waals surface area contributed by atoms with E-state index >= 15 is 0 Å². The lowest BCUT2D eigenvalue weighted by Gasteiger charge is -2.14. The summed E-state index contributed by atoms with van der Waals surface area (Å²) in [7, 11) is 0. The molecule has 0 unspecified atom stereocenters. The van der Waals surface area contributed by atoms with Gasteiger partial charge in [-0.3, -0.25) is 0 Å². The summed E-state index contributed by atoms with van der Waals surface area (Å²) in [4.78, 5) is 0. The number of anilines is 2. The van der Waals surface area contributed by atoms with Gasteiger partial charge in [0.2, 0.25) is 0 Å². The van der Waals surface area contributed by atoms with Crippen molar-refractivity contribution in [3.05, 3.63) is 129 Å². The zero-order valence-electron chi connectivity index (χ0n) is 23.3. The number of hydrogen-bond donors (Lipinski definition) is 2. The smallest absolute Gasteiger partial charge is 0.0314 e. The van der Waals surface area contributed by atoms with Gasteiger partial charge in [-0.25, -0.2) is 0 Å². The molecule has 0 atom stereocenters. The van der Waals surface area contributed by atoms with Crippen molar-refractivity contribution in [2.75, 3.05) is 11.5 Å². The molecule has 4 aromatic carbocycles. The van der Waals surface area contributed by atoms with Gasteiger partial charge in [0, 0.05) is 11.4 Å². The molecule has 38 heavy (non-hydrogen) atoms. The third-order valence-corrected chi connectivity index (χ3v) is 7.59. The van der Waals surface area contributed by atoms with Crippen LogP contribution in [0, 0.1) is 0 Å². The fraction of sp³-hybridized carbons (Fsp3) is 0.333. The summed E-state index contributed by atoms with van der Waals surface area (Å²) < 4.78 is 0. The molecule has 4 rings (SSSR count). The molecular formula is C36H44N2. The van der Waals surface area contributed by atoms with Crippen LogP contribution in [0.4, 0.5) is 11.4 Å². The van der Waals surface area contributed by atoms with Crippen LogP contribution < -0.4 is 11.5 Å². The first-order chi connectivity index (χ1) is 18.5. The van der Waals surface area contributed by atoms with E-state index in [-0.39, 0.29) is 0 Å². The van der Waals surface area contributed by atoms with Crippen LogP contribution in [0.2, 0.25) is 0 Å². The lowest BCUT2D eigenvalue weighted by molar-refractivity contribution is 0.784. The molecule has 0 saturated carbocycles. The number of nitrogen functional groups attached to an aromatic ring is 2. The molecule has 0 heterocycles. The van der Waals surface area contributed by atoms with Gasteiger partial charge in [-0.2, -0.15) is 0 Å². The van der Waals surface area contributed by atoms with Crippen LogP contribution in [0.25, 0.3) is 0 Å². The Morgan fingerprint density at radius 2 is 0.789 bits per heavy atom. The average Bonchev–Trinajstić information content (AvgIpc) is 2.93. The van der Waals surface area contributed by atoms with Crippen molar-refractivity contribution >= 4 is 11.4 Å². The molecule has 0 bridgehead atoms. The lowest BCUT2D eigenvalue weighted by atomic mass is 9.91. The first-order valence-electron chi connectivity index (χ1n) is 14.4. The summed E-state index contributed by atoms with van der Waals surface area (Å²) in [6.07, 6.45) is 11.3. The fourth-order valence-electron chi connectivity index (χ4n) is 5.21. The molecular weight excluding hydrogens is 460 g/mol. The molecule has 2 heteroatoms. The molecule has 198 valence electrons. The van der Waals surface area contributed by atoms with E-state index in [9.17, 15) is 0 Å². The Hall–Kier alpha value is -3.52. The SMILES string of the molecule is CCCCc1cc(CCc2ccc(Cc3ccc(N)cc3)c(CCCC)c2)ccc1Cc1ccc(N)cc1. The molecule has 0 aliphatic heterocycles. The summed E-state index contributed by atoms with van der Waals surface area (Å²) in [6.45, 7) is 4.55. The van der Waals surface area contributed by atoms with Crippen molar-refractivity contribution in [1.29, 1.82) is 0 Å². The monoisotopic (exact) mass is 504 g/mol. The number of unbranched alkanes of at least 4 members (excludes halogenated alkanes) is 2. The molecule has 0 fully saturated rings. The summed E-state index contributed by atoms with van der Waals surface area (Å²) in [5.41, 5.74) is 24.9. The van der Waals surface area contributed by atoms with Gasteiger partial charge in [0.15, 0.2) is 0 Å². The quantitative estimate of drug-likeness (QED) is 0.179. The molecule has 0 aliphatic rings. The second-order valence-corrected chi connectivity index (χ2v) is 10.7. The molecule has 0 aliphatic carbocycles. The topological polar surface area (TPSA) is 52.0 Å². The number of aryl methyl sites for hydroxylation is 4. The van der Waals surface area contributed by atoms with Gasteiger partial charge >= 0.3 is 0 Å². The van der Waals surface area contributed by atoms with Crippen molar-refractivity contribution in [3.63, 3.8) is 0 Å². The van der Waals surface area contributed by atoms with Crippen LogP contribution in [0.3, 0.4) is 0 Å². The third kappa shape index (κ3) is 7.99. The largest absolute Gasteiger partial charge is 0.399 e. The Balaban J connectivity index is 1.47. The average molecular weight is 505 g/mol. The van der Waals surface area contributed by atoms with Crippen LogP contribution in [0.15, 0.2) is 84.9 Å². The number of benzene rings is 4. The molecule has 0 radical (unpaired) electrons. The minimum absolute atomic E-state index is 0.825. The van der Waals surface area contributed by atoms with E-state index in [1.807, 2.05) is 24.3 Å². The number of hydrogen-bond acceptors (Lipinski definition) is 2. The Morgan fingerprint density at radius 1 is 0.421 bits per heavy atom. The van der Waals surface area contributed by atoms with E-state index in [1.54, 1.807) is 0 Å². The second kappa shape index (κ2) is 13.9. The van der Waals surface area contributed by atoms with Crippen molar-refractivity contribution in [3.8, 4) is 0 Å². The van der Waals surface area contributed by atoms with Gasteiger partial charge in [0.1, 0.15) is 0 Å². The van der Waals surface area contributed by atoms with Crippen molar-refractivity contribution < 1.29 is 0 Å². The summed E-state index contributed by atoms with van der Waals surface area (Å²) in [6, 6.07) is 31.0. The standard InChI is InChI=1S/C36H44N2/c1-3-5-7-31-23-27(11-17-33(31)25-29-13-19-35(37)20-14-29)9-10-28-12-18-34(32(24-28)8-6-4-2)26-30-15-21-36(38)22-16-30/h11-24H,3-10,25-26,37-38H2,1-2H3. The van der Waals surface area contributed by atoms with Crippen LogP contribution >= 0.6 is 0 Å². The molecule has 0 saturated heterocycles. The van der Waals surface area contributed by atoms with Gasteiger partial charge in [-0.05, 0) is 120 Å². The van der Waals surface area contributed by atoms with E-state index in [0.29, 0.717) is 0 Å². The van der Waals surface area contributed by atoms with Gasteiger partial charge in [0.25, 0.3) is 0 Å². The number of rotatable bonds is 13. The molecule has 4 aromatic rings. The van der Waals surface area contributed by atoms with Gasteiger partial charge in [0.05, 0.1) is 0 Å². The van der Waals surface area contributed by atoms with Crippen LogP contribution in [-0.4, -0.2) is 0 Å². The molecule has 4 N–H and O–H groups in total. The highest BCUT2D eigenvalue weighted by Gasteiger charge is 2.09. The fourth-order valence-corrected chi connectivity index (χ4v) is 5.21. The zero-order chi connectivity index (χ0) is 26.7. The Morgan fingerprint density at radius 3 is 1.16 bits per heavy atom. The highest BCUT2D eigenvalue weighted by molar-refractivity contribution is 5.44. The normalized spacial score (nSPS) is 11.1. The van der Waals surface area contributed by atoms with E-state index in [1.165, 1.54) is 70.2 Å². The predicted molar refractivity (Wildman–Crippen MR) is 165 cm³/mol. The summed E-state index contributed by atoms with van der Waals surface area (Å²) >= 11 is 0. The van der Waals surface area contributed by atoms with Crippen molar-refractivity contribution in [2.24, 2.45) is 0 Å². The molecule has 0 aromatic heterocycles.